The Morgan fingerprint density at radius 3 is 2.50 bits per heavy atom. The number of hydrogen-bond donors (Lipinski definition) is 2. The molecule has 0 spiro atoms. The molecule has 2 aromatic carbocycles. The molecule has 142 valence electrons. The zero-order valence-electron chi connectivity index (χ0n) is 15.1. The first-order valence-corrected chi connectivity index (χ1v) is 9.87. The van der Waals surface area contributed by atoms with Crippen LogP contribution in [0.4, 0.5) is 15.9 Å². The molecule has 2 amide bonds. The number of thioether (sulfide) groups is 1. The maximum atomic E-state index is 13.8. The molecule has 0 atom stereocenters. The third-order valence-electron chi connectivity index (χ3n) is 3.90. The first kappa shape index (κ1) is 19.6. The summed E-state index contributed by atoms with van der Waals surface area (Å²) < 4.78 is 13.8. The van der Waals surface area contributed by atoms with Gasteiger partial charge in [-0.1, -0.05) is 12.1 Å². The molecule has 1 aromatic heterocycles. The molecule has 0 radical (unpaired) electrons. The fraction of sp³-hybridized carbons (Fsp3) is 0.0952. The second-order valence-electron chi connectivity index (χ2n) is 5.94. The smallest absolute Gasteiger partial charge is 0.256 e. The second kappa shape index (κ2) is 9.14. The van der Waals surface area contributed by atoms with Crippen LogP contribution in [0.15, 0.2) is 66.9 Å². The zero-order chi connectivity index (χ0) is 19.9. The molecule has 0 unspecified atom stereocenters. The average Bonchev–Trinajstić information content (AvgIpc) is 2.70. The Labute approximate surface area is 166 Å². The van der Waals surface area contributed by atoms with Gasteiger partial charge in [-0.15, -0.1) is 0 Å². The average molecular weight is 395 g/mol. The minimum absolute atomic E-state index is 0.334. The summed E-state index contributed by atoms with van der Waals surface area (Å²) in [6.45, 7) is 0. The molecule has 2 N–H and O–H groups in total. The lowest BCUT2D eigenvalue weighted by atomic mass is 10.1. The molecule has 0 aliphatic heterocycles. The van der Waals surface area contributed by atoms with Gasteiger partial charge in [0, 0.05) is 28.8 Å². The van der Waals surface area contributed by atoms with Gasteiger partial charge in [-0.25, -0.2) is 9.37 Å². The Kier molecular flexibility index (Phi) is 6.39. The minimum Gasteiger partial charge on any atom is -0.322 e. The lowest BCUT2D eigenvalue weighted by Gasteiger charge is -2.09. The lowest BCUT2D eigenvalue weighted by Crippen LogP contribution is -2.15. The van der Waals surface area contributed by atoms with Crippen molar-refractivity contribution in [2.75, 3.05) is 16.9 Å². The van der Waals surface area contributed by atoms with E-state index in [0.29, 0.717) is 33.9 Å². The number of amides is 2. The van der Waals surface area contributed by atoms with Gasteiger partial charge in [-0.2, -0.15) is 11.8 Å². The Hall–Kier alpha value is -3.19. The van der Waals surface area contributed by atoms with Crippen molar-refractivity contribution in [1.82, 2.24) is 4.98 Å². The lowest BCUT2D eigenvalue weighted by molar-refractivity contribution is 0.101. The predicted octanol–water partition coefficient (Wildman–Crippen LogP) is 4.59. The Bertz CT molecular complexity index is 996. The molecule has 0 aliphatic rings. The van der Waals surface area contributed by atoms with Crippen LogP contribution < -0.4 is 10.6 Å². The Balaban J connectivity index is 1.73. The van der Waals surface area contributed by atoms with E-state index in [4.69, 9.17) is 0 Å². The number of carbonyl (C=O) groups excluding carboxylic acids is 2. The number of carbonyl (C=O) groups is 2. The number of anilines is 2. The third kappa shape index (κ3) is 4.95. The molecule has 0 fully saturated rings. The van der Waals surface area contributed by atoms with Gasteiger partial charge < -0.3 is 10.6 Å². The van der Waals surface area contributed by atoms with Crippen LogP contribution in [-0.2, 0) is 5.75 Å². The summed E-state index contributed by atoms with van der Waals surface area (Å²) in [5, 5.41) is 5.43. The van der Waals surface area contributed by atoms with Crippen LogP contribution in [0.3, 0.4) is 0 Å². The molecule has 0 bridgehead atoms. The van der Waals surface area contributed by atoms with E-state index in [0.717, 1.165) is 0 Å². The number of pyridine rings is 1. The van der Waals surface area contributed by atoms with E-state index in [9.17, 15) is 14.0 Å². The summed E-state index contributed by atoms with van der Waals surface area (Å²) in [5.41, 5.74) is 1.68. The molecule has 3 aromatic rings. The number of rotatable bonds is 6. The van der Waals surface area contributed by atoms with Crippen molar-refractivity contribution in [1.29, 1.82) is 0 Å². The van der Waals surface area contributed by atoms with Crippen molar-refractivity contribution in [3.63, 3.8) is 0 Å². The van der Waals surface area contributed by atoms with Crippen LogP contribution in [0.5, 0.6) is 0 Å². The van der Waals surface area contributed by atoms with E-state index in [2.05, 4.69) is 15.6 Å². The fourth-order valence-electron chi connectivity index (χ4n) is 2.55. The topological polar surface area (TPSA) is 71.1 Å². The molecule has 3 rings (SSSR count). The summed E-state index contributed by atoms with van der Waals surface area (Å²) in [6, 6.07) is 16.0. The van der Waals surface area contributed by atoms with Crippen LogP contribution in [0, 0.1) is 5.82 Å². The summed E-state index contributed by atoms with van der Waals surface area (Å²) in [4.78, 5) is 28.9. The van der Waals surface area contributed by atoms with Gasteiger partial charge in [0.15, 0.2) is 0 Å². The van der Waals surface area contributed by atoms with Gasteiger partial charge in [0.25, 0.3) is 11.8 Å². The fourth-order valence-corrected chi connectivity index (χ4v) is 3.08. The number of halogens is 1. The number of nitrogens with one attached hydrogen (secondary N) is 2. The van der Waals surface area contributed by atoms with Crippen molar-refractivity contribution >= 4 is 35.1 Å². The molecule has 0 saturated carbocycles. The molecule has 5 nitrogen and oxygen atoms in total. The summed E-state index contributed by atoms with van der Waals surface area (Å²) in [7, 11) is 0. The van der Waals surface area contributed by atoms with Gasteiger partial charge in [-0.3, -0.25) is 9.59 Å². The third-order valence-corrected chi connectivity index (χ3v) is 4.50. The van der Waals surface area contributed by atoms with Crippen LogP contribution in [0.25, 0.3) is 0 Å². The summed E-state index contributed by atoms with van der Waals surface area (Å²) in [6.07, 6.45) is 3.45. The first-order chi connectivity index (χ1) is 13.6. The van der Waals surface area contributed by atoms with E-state index in [1.54, 1.807) is 54.7 Å². The molecule has 0 aliphatic carbocycles. The second-order valence-corrected chi connectivity index (χ2v) is 6.81. The van der Waals surface area contributed by atoms with Gasteiger partial charge in [0.1, 0.15) is 11.6 Å². The van der Waals surface area contributed by atoms with Crippen LogP contribution >= 0.6 is 11.8 Å². The Morgan fingerprint density at radius 2 is 1.75 bits per heavy atom. The summed E-state index contributed by atoms with van der Waals surface area (Å²) >= 11 is 1.48. The first-order valence-electron chi connectivity index (χ1n) is 8.48. The van der Waals surface area contributed by atoms with E-state index in [1.165, 1.54) is 23.9 Å². The van der Waals surface area contributed by atoms with E-state index in [-0.39, 0.29) is 17.6 Å². The SMILES string of the molecule is CSCc1cc(C(=O)Nc2cccc(C(=O)Nc3ccccn3)c2)ccc1F. The van der Waals surface area contributed by atoms with Crippen molar-refractivity contribution < 1.29 is 14.0 Å². The molecular weight excluding hydrogens is 377 g/mol. The molecule has 1 heterocycles. The van der Waals surface area contributed by atoms with Crippen molar-refractivity contribution in [3.05, 3.63) is 89.4 Å². The highest BCUT2D eigenvalue weighted by Gasteiger charge is 2.12. The molecule has 7 heteroatoms. The van der Waals surface area contributed by atoms with Gasteiger partial charge in [0.2, 0.25) is 0 Å². The maximum Gasteiger partial charge on any atom is 0.256 e. The number of nitrogens with zero attached hydrogens (tertiary/aromatic N) is 1. The molecule has 28 heavy (non-hydrogen) atoms. The van der Waals surface area contributed by atoms with Crippen LogP contribution in [0.2, 0.25) is 0 Å². The zero-order valence-corrected chi connectivity index (χ0v) is 15.9. The monoisotopic (exact) mass is 395 g/mol. The van der Waals surface area contributed by atoms with E-state index < -0.39 is 0 Å². The van der Waals surface area contributed by atoms with Gasteiger partial charge >= 0.3 is 0 Å². The molecular formula is C21H18FN3O2S. The standard InChI is InChI=1S/C21H18FN3O2S/c1-28-13-16-11-15(8-9-18(16)22)20(26)24-17-6-4-5-14(12-17)21(27)25-19-7-2-3-10-23-19/h2-12H,13H2,1H3,(H,24,26)(H,23,25,27). The maximum absolute atomic E-state index is 13.8. The number of hydrogen-bond acceptors (Lipinski definition) is 4. The predicted molar refractivity (Wildman–Crippen MR) is 110 cm³/mol. The molecule has 0 saturated heterocycles. The highest BCUT2D eigenvalue weighted by molar-refractivity contribution is 7.97. The van der Waals surface area contributed by atoms with Gasteiger partial charge in [0.05, 0.1) is 0 Å². The normalized spacial score (nSPS) is 10.4. The van der Waals surface area contributed by atoms with E-state index in [1.807, 2.05) is 6.26 Å². The van der Waals surface area contributed by atoms with Crippen LogP contribution in [0.1, 0.15) is 26.3 Å². The highest BCUT2D eigenvalue weighted by atomic mass is 32.2. The van der Waals surface area contributed by atoms with Gasteiger partial charge in [-0.05, 0) is 60.4 Å². The van der Waals surface area contributed by atoms with Crippen molar-refractivity contribution in [3.8, 4) is 0 Å². The largest absolute Gasteiger partial charge is 0.322 e. The Morgan fingerprint density at radius 1 is 0.964 bits per heavy atom. The minimum atomic E-state index is -0.371. The van der Waals surface area contributed by atoms with Crippen molar-refractivity contribution in [2.45, 2.75) is 5.75 Å². The number of aromatic nitrogens is 1. The van der Waals surface area contributed by atoms with Crippen LogP contribution in [-0.4, -0.2) is 23.1 Å². The van der Waals surface area contributed by atoms with Crippen molar-refractivity contribution in [2.24, 2.45) is 0 Å². The quantitative estimate of drug-likeness (QED) is 0.640. The summed E-state index contributed by atoms with van der Waals surface area (Å²) in [5.74, 6) is -0.118. The highest BCUT2D eigenvalue weighted by Crippen LogP contribution is 2.18. The number of benzene rings is 2. The van der Waals surface area contributed by atoms with E-state index >= 15 is 0 Å².